The predicted octanol–water partition coefficient (Wildman–Crippen LogP) is 4.60. The van der Waals surface area contributed by atoms with Gasteiger partial charge in [-0.25, -0.2) is 0 Å². The Hall–Kier alpha value is -2.34. The number of hydrogen-bond donors (Lipinski definition) is 2. The maximum absolute atomic E-state index is 8.14. The van der Waals surface area contributed by atoms with Gasteiger partial charge in [-0.2, -0.15) is 0 Å². The highest BCUT2D eigenvalue weighted by molar-refractivity contribution is 6.31. The Morgan fingerprint density at radius 2 is 1.79 bits per heavy atom. The third kappa shape index (κ3) is 5.38. The van der Waals surface area contributed by atoms with Crippen molar-refractivity contribution in [2.75, 3.05) is 0 Å². The van der Waals surface area contributed by atoms with Crippen LogP contribution >= 0.6 is 23.2 Å². The van der Waals surface area contributed by atoms with Gasteiger partial charge < -0.3 is 15.5 Å². The summed E-state index contributed by atoms with van der Waals surface area (Å²) in [6, 6.07) is 16.3. The number of nitrogens with zero attached hydrogens (tertiary/aromatic N) is 2. The molecule has 2 aromatic carbocycles. The zero-order chi connectivity index (χ0) is 17.4. The summed E-state index contributed by atoms with van der Waals surface area (Å²) in [6.07, 6.45) is 1.33. The first-order valence-electron chi connectivity index (χ1n) is 6.97. The number of aromatic nitrogens is 1. The van der Waals surface area contributed by atoms with E-state index in [0.29, 0.717) is 22.4 Å². The Labute approximate surface area is 149 Å². The Balaban J connectivity index is 0.000000185. The Kier molecular flexibility index (Phi) is 6.81. The number of halogens is 2. The van der Waals surface area contributed by atoms with Crippen molar-refractivity contribution in [1.29, 1.82) is 0 Å². The lowest BCUT2D eigenvalue weighted by Gasteiger charge is -1.94. The maximum atomic E-state index is 8.14. The van der Waals surface area contributed by atoms with Crippen molar-refractivity contribution in [3.63, 3.8) is 0 Å². The maximum Gasteiger partial charge on any atom is 0.150 e. The van der Waals surface area contributed by atoms with E-state index in [1.807, 2.05) is 30.3 Å². The average Bonchev–Trinajstić information content (AvgIpc) is 3.05. The van der Waals surface area contributed by atoms with Gasteiger partial charge in [-0.1, -0.05) is 57.8 Å². The van der Waals surface area contributed by atoms with Gasteiger partial charge in [0.2, 0.25) is 0 Å². The van der Waals surface area contributed by atoms with E-state index < -0.39 is 0 Å². The fraction of sp³-hybridized carbons (Fsp3) is 0.0588. The van der Waals surface area contributed by atoms with Crippen molar-refractivity contribution in [2.45, 2.75) is 6.54 Å². The first-order chi connectivity index (χ1) is 11.6. The predicted molar refractivity (Wildman–Crippen MR) is 95.7 cm³/mol. The van der Waals surface area contributed by atoms with E-state index in [0.717, 1.165) is 16.8 Å². The van der Waals surface area contributed by atoms with Crippen LogP contribution < -0.4 is 5.73 Å². The molecule has 0 saturated carbocycles. The number of rotatable bonds is 3. The summed E-state index contributed by atoms with van der Waals surface area (Å²) in [4.78, 5) is 0. The second-order valence-corrected chi connectivity index (χ2v) is 5.57. The highest BCUT2D eigenvalue weighted by Crippen LogP contribution is 2.22. The minimum absolute atomic E-state index is 0.355. The molecule has 0 bridgehead atoms. The van der Waals surface area contributed by atoms with Gasteiger partial charge in [0.25, 0.3) is 0 Å². The second-order valence-electron chi connectivity index (χ2n) is 4.69. The topological polar surface area (TPSA) is 84.6 Å². The smallest absolute Gasteiger partial charge is 0.150 e. The van der Waals surface area contributed by atoms with Crippen LogP contribution in [0.3, 0.4) is 0 Å². The Bertz CT molecular complexity index is 819. The van der Waals surface area contributed by atoms with Crippen molar-refractivity contribution in [2.24, 2.45) is 10.9 Å². The molecule has 3 aromatic rings. The lowest BCUT2D eigenvalue weighted by molar-refractivity contribution is 0.322. The lowest BCUT2D eigenvalue weighted by Crippen LogP contribution is -1.92. The molecule has 0 atom stereocenters. The number of hydrogen-bond acceptors (Lipinski definition) is 5. The van der Waals surface area contributed by atoms with Crippen LogP contribution in [0.5, 0.6) is 0 Å². The SMILES string of the molecule is NCc1cc(-c2cccc(Cl)c2)no1.ON=Cc1cccc(Cl)c1. The van der Waals surface area contributed by atoms with E-state index in [-0.39, 0.29) is 0 Å². The van der Waals surface area contributed by atoms with Crippen molar-refractivity contribution in [3.8, 4) is 11.3 Å². The van der Waals surface area contributed by atoms with Crippen LogP contribution in [-0.2, 0) is 6.54 Å². The fourth-order valence-corrected chi connectivity index (χ4v) is 2.24. The molecule has 0 radical (unpaired) electrons. The summed E-state index contributed by atoms with van der Waals surface area (Å²) < 4.78 is 4.99. The first-order valence-corrected chi connectivity index (χ1v) is 7.72. The molecule has 3 rings (SSSR count). The molecule has 0 unspecified atom stereocenters. The summed E-state index contributed by atoms with van der Waals surface area (Å²) in [5.74, 6) is 0.667. The van der Waals surface area contributed by atoms with Gasteiger partial charge >= 0.3 is 0 Å². The first kappa shape index (κ1) is 18.0. The third-order valence-electron chi connectivity index (χ3n) is 2.94. The Morgan fingerprint density at radius 3 is 2.38 bits per heavy atom. The summed E-state index contributed by atoms with van der Waals surface area (Å²) in [5, 5.41) is 16.2. The molecule has 124 valence electrons. The number of nitrogens with two attached hydrogens (primary N) is 1. The van der Waals surface area contributed by atoms with Gasteiger partial charge in [-0.15, -0.1) is 0 Å². The zero-order valence-electron chi connectivity index (χ0n) is 12.6. The van der Waals surface area contributed by atoms with Crippen molar-refractivity contribution >= 4 is 29.4 Å². The molecule has 0 saturated heterocycles. The van der Waals surface area contributed by atoms with Gasteiger partial charge in [-0.05, 0) is 29.8 Å². The molecule has 0 aliphatic heterocycles. The molecule has 3 N–H and O–H groups in total. The fourth-order valence-electron chi connectivity index (χ4n) is 1.85. The van der Waals surface area contributed by atoms with E-state index in [1.165, 1.54) is 6.21 Å². The van der Waals surface area contributed by atoms with E-state index in [2.05, 4.69) is 10.3 Å². The zero-order valence-corrected chi connectivity index (χ0v) is 14.1. The van der Waals surface area contributed by atoms with Crippen LogP contribution in [0, 0.1) is 0 Å². The summed E-state index contributed by atoms with van der Waals surface area (Å²) >= 11 is 11.5. The summed E-state index contributed by atoms with van der Waals surface area (Å²) in [5.41, 5.74) is 7.89. The molecule has 0 aliphatic rings. The molecule has 1 heterocycles. The molecule has 0 spiro atoms. The molecule has 0 amide bonds. The average molecular weight is 364 g/mol. The molecule has 1 aromatic heterocycles. The third-order valence-corrected chi connectivity index (χ3v) is 3.41. The van der Waals surface area contributed by atoms with Gasteiger partial charge in [0.05, 0.1) is 12.8 Å². The van der Waals surface area contributed by atoms with E-state index >= 15 is 0 Å². The summed E-state index contributed by atoms with van der Waals surface area (Å²) in [6.45, 7) is 0.355. The number of oxime groups is 1. The highest BCUT2D eigenvalue weighted by atomic mass is 35.5. The van der Waals surface area contributed by atoms with Crippen molar-refractivity contribution in [1.82, 2.24) is 5.16 Å². The standard InChI is InChI=1S/C10H9ClN2O.C7H6ClNO/c11-8-3-1-2-7(4-8)10-5-9(6-12)14-13-10;8-7-3-1-2-6(4-7)5-9-10/h1-5H,6,12H2;1-5,10H. The number of benzene rings is 2. The molecule has 5 nitrogen and oxygen atoms in total. The molecular weight excluding hydrogens is 349 g/mol. The Morgan fingerprint density at radius 1 is 1.08 bits per heavy atom. The normalized spacial score (nSPS) is 10.5. The quantitative estimate of drug-likeness (QED) is 0.404. The second kappa shape index (κ2) is 9.08. The molecule has 0 fully saturated rings. The summed E-state index contributed by atoms with van der Waals surface area (Å²) in [7, 11) is 0. The van der Waals surface area contributed by atoms with Gasteiger partial charge in [-0.3, -0.25) is 0 Å². The minimum Gasteiger partial charge on any atom is -0.411 e. The van der Waals surface area contributed by atoms with Gasteiger partial charge in [0, 0.05) is 21.7 Å². The largest absolute Gasteiger partial charge is 0.411 e. The van der Waals surface area contributed by atoms with Crippen LogP contribution in [0.1, 0.15) is 11.3 Å². The molecule has 24 heavy (non-hydrogen) atoms. The van der Waals surface area contributed by atoms with Crippen LogP contribution in [-0.4, -0.2) is 16.6 Å². The minimum atomic E-state index is 0.355. The van der Waals surface area contributed by atoms with Crippen LogP contribution in [0.4, 0.5) is 0 Å². The van der Waals surface area contributed by atoms with Crippen LogP contribution in [0.25, 0.3) is 11.3 Å². The lowest BCUT2D eigenvalue weighted by atomic mass is 10.1. The van der Waals surface area contributed by atoms with E-state index in [9.17, 15) is 0 Å². The van der Waals surface area contributed by atoms with Crippen molar-refractivity contribution < 1.29 is 9.73 Å². The molecule has 0 aliphatic carbocycles. The van der Waals surface area contributed by atoms with E-state index in [1.54, 1.807) is 24.3 Å². The van der Waals surface area contributed by atoms with Gasteiger partial charge in [0.15, 0.2) is 5.76 Å². The van der Waals surface area contributed by atoms with E-state index in [4.69, 9.17) is 38.7 Å². The van der Waals surface area contributed by atoms with Crippen molar-refractivity contribution in [3.05, 3.63) is 76.0 Å². The molecule has 7 heteroatoms. The van der Waals surface area contributed by atoms with Crippen LogP contribution in [0.15, 0.2) is 64.3 Å². The monoisotopic (exact) mass is 363 g/mol. The van der Waals surface area contributed by atoms with Gasteiger partial charge in [0.1, 0.15) is 5.69 Å². The highest BCUT2D eigenvalue weighted by Gasteiger charge is 2.04. The molecular formula is C17H15Cl2N3O2. The van der Waals surface area contributed by atoms with Crippen LogP contribution in [0.2, 0.25) is 10.0 Å².